The van der Waals surface area contributed by atoms with Crippen molar-refractivity contribution in [3.05, 3.63) is 94.3 Å². The molecule has 0 bridgehead atoms. The SMILES string of the molecule is COC(=O)[C@H](CCNC(=O)C(=O)Nc1cc(F)c(F)c(F)c1)NC(=O)c1ccc(Nc2nc(NC3(c4ccc(Cl)cc4)CC3)nc(OCC(F)(F)F)n2)cc1. The standard InChI is InChI=1S/C34H29ClF6N8O6/c1-54-29(53)24(10-13-42-27(51)28(52)43-21-14-22(36)25(38)23(37)15-21)45-26(50)17-2-8-20(9-3-17)44-30-46-31(48-32(47-30)55-16-34(39,40)41)49-33(11-12-33)18-4-6-19(35)7-5-18/h2-9,14-15,24H,10-13,16H2,1H3,(H,42,51)(H,43,52)(H,45,50)(H2,44,46,47,48,49)/t24-/m0/s1. The van der Waals surface area contributed by atoms with Crippen LogP contribution in [0.4, 0.5) is 49.6 Å². The van der Waals surface area contributed by atoms with Crippen LogP contribution in [0.1, 0.15) is 35.2 Å². The Bertz CT molecular complexity index is 2050. The van der Waals surface area contributed by atoms with Gasteiger partial charge >= 0.3 is 30.0 Å². The van der Waals surface area contributed by atoms with E-state index in [1.165, 1.54) is 24.3 Å². The first-order valence-corrected chi connectivity index (χ1v) is 16.4. The lowest BCUT2D eigenvalue weighted by Gasteiger charge is -2.19. The molecule has 1 saturated carbocycles. The van der Waals surface area contributed by atoms with E-state index >= 15 is 0 Å². The summed E-state index contributed by atoms with van der Waals surface area (Å²) in [6.45, 7) is -2.00. The molecule has 290 valence electrons. The highest BCUT2D eigenvalue weighted by Crippen LogP contribution is 2.48. The zero-order chi connectivity index (χ0) is 39.9. The van der Waals surface area contributed by atoms with Crippen LogP contribution >= 0.6 is 11.6 Å². The Balaban J connectivity index is 1.20. The van der Waals surface area contributed by atoms with E-state index < -0.39 is 77.2 Å². The van der Waals surface area contributed by atoms with Crippen LogP contribution in [0.2, 0.25) is 5.02 Å². The van der Waals surface area contributed by atoms with Crippen molar-refractivity contribution < 1.29 is 55.0 Å². The normalized spacial score (nSPS) is 13.5. The number of halogens is 7. The van der Waals surface area contributed by atoms with Gasteiger partial charge in [0.2, 0.25) is 11.9 Å². The van der Waals surface area contributed by atoms with E-state index in [4.69, 9.17) is 21.1 Å². The van der Waals surface area contributed by atoms with E-state index in [1.54, 1.807) is 12.1 Å². The molecule has 21 heteroatoms. The maximum Gasteiger partial charge on any atom is 0.422 e. The Morgan fingerprint density at radius 3 is 2.11 bits per heavy atom. The van der Waals surface area contributed by atoms with E-state index in [1.807, 2.05) is 17.4 Å². The monoisotopic (exact) mass is 794 g/mol. The highest BCUT2D eigenvalue weighted by Gasteiger charge is 2.45. The van der Waals surface area contributed by atoms with Crippen LogP contribution in [-0.4, -0.2) is 71.1 Å². The third-order valence-electron chi connectivity index (χ3n) is 7.84. The molecule has 1 aliphatic carbocycles. The molecule has 1 fully saturated rings. The molecule has 1 aliphatic rings. The molecule has 1 aromatic heterocycles. The van der Waals surface area contributed by atoms with Crippen molar-refractivity contribution in [2.45, 2.75) is 37.0 Å². The maximum atomic E-state index is 13.4. The number of nitrogens with zero attached hydrogens (tertiary/aromatic N) is 3. The lowest BCUT2D eigenvalue weighted by atomic mass is 10.1. The number of hydrogen-bond donors (Lipinski definition) is 5. The number of nitrogens with one attached hydrogen (secondary N) is 5. The van der Waals surface area contributed by atoms with E-state index in [-0.39, 0.29) is 30.4 Å². The summed E-state index contributed by atoms with van der Waals surface area (Å²) in [5.41, 5.74) is 0.0972. The van der Waals surface area contributed by atoms with Gasteiger partial charge in [0.1, 0.15) is 6.04 Å². The molecule has 3 aromatic carbocycles. The minimum absolute atomic E-state index is 0.0486. The summed E-state index contributed by atoms with van der Waals surface area (Å²) in [6, 6.07) is 11.6. The number of esters is 1. The fourth-order valence-electron chi connectivity index (χ4n) is 4.97. The predicted molar refractivity (Wildman–Crippen MR) is 183 cm³/mol. The average molecular weight is 795 g/mol. The minimum atomic E-state index is -4.67. The summed E-state index contributed by atoms with van der Waals surface area (Å²) >= 11 is 6.01. The molecular weight excluding hydrogens is 766 g/mol. The van der Waals surface area contributed by atoms with E-state index in [0.717, 1.165) is 12.7 Å². The Kier molecular flexibility index (Phi) is 12.3. The second kappa shape index (κ2) is 16.9. The van der Waals surface area contributed by atoms with Crippen molar-refractivity contribution in [3.63, 3.8) is 0 Å². The smallest absolute Gasteiger partial charge is 0.422 e. The van der Waals surface area contributed by atoms with Gasteiger partial charge in [0.25, 0.3) is 5.91 Å². The summed E-state index contributed by atoms with van der Waals surface area (Å²) in [5, 5.41) is 13.0. The number of carbonyl (C=O) groups is 4. The van der Waals surface area contributed by atoms with E-state index in [9.17, 15) is 45.5 Å². The second-order valence-corrected chi connectivity index (χ2v) is 12.3. The number of ether oxygens (including phenoxy) is 2. The molecule has 14 nitrogen and oxygen atoms in total. The third kappa shape index (κ3) is 10.9. The molecule has 1 heterocycles. The number of hydrogen-bond acceptors (Lipinski definition) is 11. The highest BCUT2D eigenvalue weighted by atomic mass is 35.5. The molecule has 5 N–H and O–H groups in total. The summed E-state index contributed by atoms with van der Waals surface area (Å²) in [6.07, 6.45) is -3.57. The number of aromatic nitrogens is 3. The number of amides is 3. The zero-order valence-electron chi connectivity index (χ0n) is 28.3. The van der Waals surface area contributed by atoms with Crippen LogP contribution in [0.5, 0.6) is 6.01 Å². The molecule has 5 rings (SSSR count). The van der Waals surface area contributed by atoms with Gasteiger partial charge < -0.3 is 36.1 Å². The molecular formula is C34H29ClF6N8O6. The number of methoxy groups -OCH3 is 1. The molecule has 0 aliphatic heterocycles. The number of benzene rings is 3. The van der Waals surface area contributed by atoms with Crippen molar-refractivity contribution >= 4 is 58.6 Å². The lowest BCUT2D eigenvalue weighted by Crippen LogP contribution is -2.44. The van der Waals surface area contributed by atoms with Gasteiger partial charge in [-0.1, -0.05) is 23.7 Å². The van der Waals surface area contributed by atoms with Crippen molar-refractivity contribution in [1.29, 1.82) is 0 Å². The molecule has 55 heavy (non-hydrogen) atoms. The number of carbonyl (C=O) groups excluding carboxylic acids is 4. The Morgan fingerprint density at radius 2 is 1.51 bits per heavy atom. The number of alkyl halides is 3. The summed E-state index contributed by atoms with van der Waals surface area (Å²) < 4.78 is 88.3. The second-order valence-electron chi connectivity index (χ2n) is 11.9. The average Bonchev–Trinajstić information content (AvgIpc) is 3.92. The number of rotatable bonds is 14. The lowest BCUT2D eigenvalue weighted by molar-refractivity contribution is -0.154. The zero-order valence-corrected chi connectivity index (χ0v) is 29.1. The van der Waals surface area contributed by atoms with Crippen LogP contribution in [0, 0.1) is 17.5 Å². The summed E-state index contributed by atoms with van der Waals surface area (Å²) in [4.78, 5) is 61.9. The fraction of sp³-hybridized carbons (Fsp3) is 0.265. The van der Waals surface area contributed by atoms with Crippen molar-refractivity contribution in [1.82, 2.24) is 25.6 Å². The van der Waals surface area contributed by atoms with Crippen LogP contribution < -0.4 is 31.3 Å². The Labute approximate surface area is 312 Å². The molecule has 0 spiro atoms. The Hall–Kier alpha value is -6.18. The topological polar surface area (TPSA) is 186 Å². The van der Waals surface area contributed by atoms with Gasteiger partial charge in [-0.2, -0.15) is 28.1 Å². The number of anilines is 4. The van der Waals surface area contributed by atoms with Crippen LogP contribution in [-0.2, 0) is 24.7 Å². The van der Waals surface area contributed by atoms with Gasteiger partial charge in [-0.15, -0.1) is 0 Å². The van der Waals surface area contributed by atoms with Gasteiger partial charge in [0.15, 0.2) is 24.1 Å². The van der Waals surface area contributed by atoms with E-state index in [0.29, 0.717) is 35.7 Å². The first-order valence-electron chi connectivity index (χ1n) is 16.0. The van der Waals surface area contributed by atoms with Crippen molar-refractivity contribution in [2.24, 2.45) is 0 Å². The van der Waals surface area contributed by atoms with Crippen molar-refractivity contribution in [2.75, 3.05) is 36.2 Å². The fourth-order valence-corrected chi connectivity index (χ4v) is 5.09. The summed E-state index contributed by atoms with van der Waals surface area (Å²) in [7, 11) is 1.05. The van der Waals surface area contributed by atoms with Gasteiger partial charge in [-0.05, 0) is 61.2 Å². The Morgan fingerprint density at radius 1 is 0.873 bits per heavy atom. The first kappa shape index (κ1) is 40.0. The minimum Gasteiger partial charge on any atom is -0.467 e. The maximum absolute atomic E-state index is 13.4. The molecule has 0 radical (unpaired) electrons. The van der Waals surface area contributed by atoms with Gasteiger partial charge in [-0.25, -0.2) is 18.0 Å². The van der Waals surface area contributed by atoms with Crippen molar-refractivity contribution in [3.8, 4) is 6.01 Å². The van der Waals surface area contributed by atoms with Crippen LogP contribution in [0.3, 0.4) is 0 Å². The summed E-state index contributed by atoms with van der Waals surface area (Å²) in [5.74, 6) is -9.46. The largest absolute Gasteiger partial charge is 0.467 e. The van der Waals surface area contributed by atoms with Crippen LogP contribution in [0.25, 0.3) is 0 Å². The van der Waals surface area contributed by atoms with Crippen LogP contribution in [0.15, 0.2) is 60.7 Å². The molecule has 0 saturated heterocycles. The van der Waals surface area contributed by atoms with Gasteiger partial charge in [-0.3, -0.25) is 14.4 Å². The predicted octanol–water partition coefficient (Wildman–Crippen LogP) is 5.14. The molecule has 1 atom stereocenters. The molecule has 3 amide bonds. The van der Waals surface area contributed by atoms with Gasteiger partial charge in [0.05, 0.1) is 12.6 Å². The highest BCUT2D eigenvalue weighted by molar-refractivity contribution is 6.39. The third-order valence-corrected chi connectivity index (χ3v) is 8.09. The molecule has 0 unspecified atom stereocenters. The quantitative estimate of drug-likeness (QED) is 0.0493. The van der Waals surface area contributed by atoms with E-state index in [2.05, 4.69) is 36.2 Å². The first-order chi connectivity index (χ1) is 26.0. The van der Waals surface area contributed by atoms with Gasteiger partial charge in [0, 0.05) is 40.6 Å². The molecule has 4 aromatic rings.